The molecule has 0 spiro atoms. The van der Waals surface area contributed by atoms with Gasteiger partial charge in [0.25, 0.3) is 10.0 Å². The number of aryl methyl sites for hydroxylation is 1. The minimum Gasteiger partial charge on any atom is -0.397 e. The van der Waals surface area contributed by atoms with Crippen molar-refractivity contribution in [3.63, 3.8) is 0 Å². The van der Waals surface area contributed by atoms with E-state index in [9.17, 15) is 12.8 Å². The van der Waals surface area contributed by atoms with E-state index in [2.05, 4.69) is 25.6 Å². The summed E-state index contributed by atoms with van der Waals surface area (Å²) in [6.07, 6.45) is 1.32. The molecule has 106 valence electrons. The van der Waals surface area contributed by atoms with Crippen LogP contribution >= 0.6 is 15.9 Å². The van der Waals surface area contributed by atoms with Crippen LogP contribution in [0.15, 0.2) is 39.8 Å². The third-order valence-corrected chi connectivity index (χ3v) is 4.38. The summed E-state index contributed by atoms with van der Waals surface area (Å²) in [6.45, 7) is 1.65. The van der Waals surface area contributed by atoms with Crippen LogP contribution in [0.2, 0.25) is 0 Å². The number of aromatic nitrogens is 1. The Balaban J connectivity index is 2.41. The summed E-state index contributed by atoms with van der Waals surface area (Å²) in [5.74, 6) is -0.735. The number of hydrogen-bond acceptors (Lipinski definition) is 4. The van der Waals surface area contributed by atoms with E-state index in [1.807, 2.05) is 0 Å². The van der Waals surface area contributed by atoms with E-state index in [1.165, 1.54) is 18.3 Å². The lowest BCUT2D eigenvalue weighted by Gasteiger charge is -2.10. The zero-order valence-electron chi connectivity index (χ0n) is 10.4. The fraction of sp³-hybridized carbons (Fsp3) is 0.0833. The van der Waals surface area contributed by atoms with Crippen molar-refractivity contribution in [3.8, 4) is 0 Å². The minimum absolute atomic E-state index is 0.113. The van der Waals surface area contributed by atoms with Gasteiger partial charge in [-0.3, -0.25) is 4.72 Å². The molecule has 0 saturated carbocycles. The van der Waals surface area contributed by atoms with E-state index in [4.69, 9.17) is 5.73 Å². The maximum absolute atomic E-state index is 13.7. The third-order valence-electron chi connectivity index (χ3n) is 2.51. The Morgan fingerprint density at radius 1 is 1.35 bits per heavy atom. The highest BCUT2D eigenvalue weighted by Gasteiger charge is 2.20. The molecule has 2 aromatic rings. The fourth-order valence-corrected chi connectivity index (χ4v) is 3.05. The van der Waals surface area contributed by atoms with Crippen molar-refractivity contribution in [1.82, 2.24) is 4.98 Å². The molecular weight excluding hydrogens is 349 g/mol. The first-order valence-electron chi connectivity index (χ1n) is 5.49. The van der Waals surface area contributed by atoms with Crippen molar-refractivity contribution in [2.45, 2.75) is 11.8 Å². The molecule has 0 atom stereocenters. The van der Waals surface area contributed by atoms with Gasteiger partial charge in [-0.05, 0) is 36.8 Å². The van der Waals surface area contributed by atoms with Crippen LogP contribution in [0.25, 0.3) is 0 Å². The second-order valence-electron chi connectivity index (χ2n) is 4.11. The third kappa shape index (κ3) is 3.07. The number of halogens is 2. The zero-order valence-corrected chi connectivity index (χ0v) is 12.8. The molecule has 0 unspecified atom stereocenters. The molecule has 1 aromatic carbocycles. The minimum atomic E-state index is -4.05. The molecule has 1 aromatic heterocycles. The first-order valence-corrected chi connectivity index (χ1v) is 7.77. The zero-order chi connectivity index (χ0) is 14.9. The summed E-state index contributed by atoms with van der Waals surface area (Å²) >= 11 is 3.07. The molecule has 0 amide bonds. The lowest BCUT2D eigenvalue weighted by atomic mass is 10.3. The number of sulfonamides is 1. The molecule has 0 fully saturated rings. The standard InChI is InChI=1S/C12H11BrFN3O2S/c1-7-4-9(15)6-16-12(7)17-20(18,19)11-3-2-8(13)5-10(11)14/h2-6H,15H2,1H3,(H,16,17). The predicted octanol–water partition coefficient (Wildman–Crippen LogP) is 2.67. The summed E-state index contributed by atoms with van der Waals surface area (Å²) < 4.78 is 40.7. The van der Waals surface area contributed by atoms with Crippen molar-refractivity contribution in [3.05, 3.63) is 46.3 Å². The smallest absolute Gasteiger partial charge is 0.265 e. The second kappa shape index (κ2) is 5.37. The Labute approximate surface area is 124 Å². The van der Waals surface area contributed by atoms with Gasteiger partial charge in [0.15, 0.2) is 0 Å². The van der Waals surface area contributed by atoms with Crippen molar-refractivity contribution in [1.29, 1.82) is 0 Å². The number of nitrogen functional groups attached to an aromatic ring is 1. The number of hydrogen-bond donors (Lipinski definition) is 2. The first-order chi connectivity index (χ1) is 9.29. The van der Waals surface area contributed by atoms with Gasteiger partial charge >= 0.3 is 0 Å². The van der Waals surface area contributed by atoms with Crippen LogP contribution in [-0.4, -0.2) is 13.4 Å². The molecule has 0 radical (unpaired) electrons. The van der Waals surface area contributed by atoms with Gasteiger partial charge in [0.2, 0.25) is 0 Å². The quantitative estimate of drug-likeness (QED) is 0.881. The largest absolute Gasteiger partial charge is 0.397 e. The number of nitrogens with zero attached hydrogens (tertiary/aromatic N) is 1. The van der Waals surface area contributed by atoms with Crippen LogP contribution in [-0.2, 0) is 10.0 Å². The molecule has 0 saturated heterocycles. The van der Waals surface area contributed by atoms with Gasteiger partial charge in [-0.2, -0.15) is 0 Å². The van der Waals surface area contributed by atoms with Gasteiger partial charge in [-0.15, -0.1) is 0 Å². The summed E-state index contributed by atoms with van der Waals surface area (Å²) in [5, 5.41) is 0. The van der Waals surface area contributed by atoms with E-state index >= 15 is 0 Å². The van der Waals surface area contributed by atoms with Crippen LogP contribution in [0.1, 0.15) is 5.56 Å². The molecule has 3 N–H and O–H groups in total. The average Bonchev–Trinajstić information content (AvgIpc) is 2.32. The normalized spacial score (nSPS) is 11.3. The average molecular weight is 360 g/mol. The first kappa shape index (κ1) is 14.7. The summed E-state index contributed by atoms with van der Waals surface area (Å²) in [4.78, 5) is 3.44. The summed E-state index contributed by atoms with van der Waals surface area (Å²) in [5.41, 5.74) is 6.50. The van der Waals surface area contributed by atoms with E-state index in [-0.39, 0.29) is 5.82 Å². The highest BCUT2D eigenvalue weighted by atomic mass is 79.9. The molecule has 0 aliphatic rings. The Hall–Kier alpha value is -1.67. The highest BCUT2D eigenvalue weighted by Crippen LogP contribution is 2.23. The van der Waals surface area contributed by atoms with E-state index in [0.717, 1.165) is 6.07 Å². The van der Waals surface area contributed by atoms with Crippen LogP contribution in [0, 0.1) is 12.7 Å². The lowest BCUT2D eigenvalue weighted by molar-refractivity contribution is 0.569. The van der Waals surface area contributed by atoms with Crippen molar-refractivity contribution >= 4 is 37.5 Å². The molecule has 2 rings (SSSR count). The fourth-order valence-electron chi connectivity index (χ4n) is 1.58. The number of anilines is 2. The SMILES string of the molecule is Cc1cc(N)cnc1NS(=O)(=O)c1ccc(Br)cc1F. The maximum atomic E-state index is 13.7. The van der Waals surface area contributed by atoms with E-state index < -0.39 is 20.7 Å². The topological polar surface area (TPSA) is 85.1 Å². The van der Waals surface area contributed by atoms with Crippen molar-refractivity contribution in [2.75, 3.05) is 10.5 Å². The molecular formula is C12H11BrFN3O2S. The number of nitrogens with two attached hydrogens (primary N) is 1. The molecule has 0 aliphatic carbocycles. The monoisotopic (exact) mass is 359 g/mol. The molecule has 5 nitrogen and oxygen atoms in total. The van der Waals surface area contributed by atoms with Crippen molar-refractivity contribution < 1.29 is 12.8 Å². The van der Waals surface area contributed by atoms with Gasteiger partial charge in [0.05, 0.1) is 11.9 Å². The van der Waals surface area contributed by atoms with Crippen molar-refractivity contribution in [2.24, 2.45) is 0 Å². The Bertz CT molecular complexity index is 765. The van der Waals surface area contributed by atoms with Crippen LogP contribution in [0.3, 0.4) is 0 Å². The second-order valence-corrected chi connectivity index (χ2v) is 6.68. The molecule has 0 aliphatic heterocycles. The van der Waals surface area contributed by atoms with Gasteiger partial charge in [0.1, 0.15) is 16.5 Å². The Morgan fingerprint density at radius 2 is 2.05 bits per heavy atom. The maximum Gasteiger partial charge on any atom is 0.265 e. The van der Waals surface area contributed by atoms with Gasteiger partial charge in [-0.1, -0.05) is 15.9 Å². The van der Waals surface area contributed by atoms with Crippen LogP contribution < -0.4 is 10.5 Å². The van der Waals surface area contributed by atoms with E-state index in [0.29, 0.717) is 15.7 Å². The van der Waals surface area contributed by atoms with E-state index in [1.54, 1.807) is 13.0 Å². The van der Waals surface area contributed by atoms with Crippen LogP contribution in [0.4, 0.5) is 15.9 Å². The summed E-state index contributed by atoms with van der Waals surface area (Å²) in [6, 6.07) is 5.27. The molecule has 20 heavy (non-hydrogen) atoms. The summed E-state index contributed by atoms with van der Waals surface area (Å²) in [7, 11) is -4.05. The number of rotatable bonds is 3. The Kier molecular flexibility index (Phi) is 3.96. The highest BCUT2D eigenvalue weighted by molar-refractivity contribution is 9.10. The molecule has 1 heterocycles. The molecule has 8 heteroatoms. The van der Waals surface area contributed by atoms with Gasteiger partial charge < -0.3 is 5.73 Å². The molecule has 0 bridgehead atoms. The van der Waals surface area contributed by atoms with Gasteiger partial charge in [-0.25, -0.2) is 17.8 Å². The van der Waals surface area contributed by atoms with Crippen LogP contribution in [0.5, 0.6) is 0 Å². The number of benzene rings is 1. The van der Waals surface area contributed by atoms with Gasteiger partial charge in [0, 0.05) is 4.47 Å². The number of pyridine rings is 1. The lowest BCUT2D eigenvalue weighted by Crippen LogP contribution is -2.16. The Morgan fingerprint density at radius 3 is 2.65 bits per heavy atom. The number of nitrogens with one attached hydrogen (secondary N) is 1. The predicted molar refractivity (Wildman–Crippen MR) is 78.3 cm³/mol.